The summed E-state index contributed by atoms with van der Waals surface area (Å²) in [6, 6.07) is 4.32. The molecule has 0 aromatic carbocycles. The number of thiophene rings is 1. The third-order valence-corrected chi connectivity index (χ3v) is 3.82. The molecule has 4 nitrogen and oxygen atoms in total. The van der Waals surface area contributed by atoms with E-state index in [9.17, 15) is 0 Å². The van der Waals surface area contributed by atoms with Gasteiger partial charge in [0, 0.05) is 19.1 Å². The van der Waals surface area contributed by atoms with Gasteiger partial charge in [0.25, 0.3) is 0 Å². The standard InChI is InChI=1S/C10H14N4S/c11-6-9-8(13)5-10(15-9)14-3-1-7(12)2-4-14/h5,7H,1-4,12-13H2. The van der Waals surface area contributed by atoms with Crippen molar-refractivity contribution >= 4 is 22.0 Å². The first-order valence-corrected chi connectivity index (χ1v) is 5.82. The second-order valence-electron chi connectivity index (χ2n) is 3.81. The molecule has 1 saturated heterocycles. The average Bonchev–Trinajstić information content (AvgIpc) is 2.61. The molecular formula is C10H14N4S. The van der Waals surface area contributed by atoms with E-state index in [0.717, 1.165) is 30.9 Å². The molecule has 1 aromatic rings. The Morgan fingerprint density at radius 3 is 2.67 bits per heavy atom. The van der Waals surface area contributed by atoms with E-state index in [2.05, 4.69) is 11.0 Å². The molecule has 80 valence electrons. The highest BCUT2D eigenvalue weighted by Gasteiger charge is 2.18. The monoisotopic (exact) mass is 222 g/mol. The summed E-state index contributed by atoms with van der Waals surface area (Å²) in [7, 11) is 0. The summed E-state index contributed by atoms with van der Waals surface area (Å²) in [5.41, 5.74) is 12.1. The van der Waals surface area contributed by atoms with Gasteiger partial charge in [-0.15, -0.1) is 11.3 Å². The van der Waals surface area contributed by atoms with E-state index in [1.54, 1.807) is 0 Å². The molecule has 0 bridgehead atoms. The molecule has 1 aliphatic rings. The lowest BCUT2D eigenvalue weighted by Gasteiger charge is -2.30. The maximum absolute atomic E-state index is 8.81. The molecule has 0 spiro atoms. The van der Waals surface area contributed by atoms with Gasteiger partial charge in [0.05, 0.1) is 10.7 Å². The van der Waals surface area contributed by atoms with Crippen molar-refractivity contribution in [3.05, 3.63) is 10.9 Å². The number of hydrogen-bond donors (Lipinski definition) is 2. The molecule has 1 fully saturated rings. The van der Waals surface area contributed by atoms with Crippen LogP contribution in [0.4, 0.5) is 10.7 Å². The third-order valence-electron chi connectivity index (χ3n) is 2.70. The molecule has 1 aromatic heterocycles. The number of nitrogen functional groups attached to an aromatic ring is 1. The van der Waals surface area contributed by atoms with Crippen LogP contribution in [-0.4, -0.2) is 19.1 Å². The van der Waals surface area contributed by atoms with E-state index in [1.807, 2.05) is 6.07 Å². The number of nitriles is 1. The molecule has 0 atom stereocenters. The molecule has 5 heteroatoms. The van der Waals surface area contributed by atoms with Crippen LogP contribution in [0, 0.1) is 11.3 Å². The van der Waals surface area contributed by atoms with Gasteiger partial charge in [-0.3, -0.25) is 0 Å². The van der Waals surface area contributed by atoms with Crippen molar-refractivity contribution < 1.29 is 0 Å². The Balaban J connectivity index is 2.13. The van der Waals surface area contributed by atoms with Crippen LogP contribution in [0.2, 0.25) is 0 Å². The number of hydrogen-bond acceptors (Lipinski definition) is 5. The van der Waals surface area contributed by atoms with Crippen LogP contribution in [0.15, 0.2) is 6.07 Å². The van der Waals surface area contributed by atoms with Gasteiger partial charge in [0.2, 0.25) is 0 Å². The molecule has 0 unspecified atom stereocenters. The van der Waals surface area contributed by atoms with Gasteiger partial charge in [-0.25, -0.2) is 0 Å². The predicted octanol–water partition coefficient (Wildman–Crippen LogP) is 1.13. The van der Waals surface area contributed by atoms with Gasteiger partial charge in [-0.1, -0.05) is 0 Å². The van der Waals surface area contributed by atoms with Crippen LogP contribution in [-0.2, 0) is 0 Å². The highest BCUT2D eigenvalue weighted by molar-refractivity contribution is 7.17. The highest BCUT2D eigenvalue weighted by Crippen LogP contribution is 2.32. The first kappa shape index (κ1) is 10.3. The van der Waals surface area contributed by atoms with Gasteiger partial charge in [-0.2, -0.15) is 5.26 Å². The van der Waals surface area contributed by atoms with Crippen LogP contribution in [0.25, 0.3) is 0 Å². The molecular weight excluding hydrogens is 208 g/mol. The minimum atomic E-state index is 0.328. The number of nitrogens with two attached hydrogens (primary N) is 2. The number of piperidine rings is 1. The van der Waals surface area contributed by atoms with Crippen LogP contribution in [0.3, 0.4) is 0 Å². The lowest BCUT2D eigenvalue weighted by atomic mass is 10.1. The van der Waals surface area contributed by atoms with Gasteiger partial charge in [0.15, 0.2) is 0 Å². The van der Waals surface area contributed by atoms with Gasteiger partial charge >= 0.3 is 0 Å². The fourth-order valence-electron chi connectivity index (χ4n) is 1.75. The Morgan fingerprint density at radius 2 is 2.13 bits per heavy atom. The van der Waals surface area contributed by atoms with Gasteiger partial charge in [-0.05, 0) is 18.9 Å². The molecule has 15 heavy (non-hydrogen) atoms. The van der Waals surface area contributed by atoms with E-state index in [-0.39, 0.29) is 0 Å². The maximum atomic E-state index is 8.81. The lowest BCUT2D eigenvalue weighted by molar-refractivity contribution is 0.503. The van der Waals surface area contributed by atoms with Crippen LogP contribution >= 0.6 is 11.3 Å². The molecule has 0 saturated carbocycles. The lowest BCUT2D eigenvalue weighted by Crippen LogP contribution is -2.39. The van der Waals surface area contributed by atoms with E-state index in [1.165, 1.54) is 11.3 Å². The molecule has 1 aliphatic heterocycles. The fraction of sp³-hybridized carbons (Fsp3) is 0.500. The normalized spacial score (nSPS) is 17.7. The number of anilines is 2. The summed E-state index contributed by atoms with van der Waals surface area (Å²) in [5, 5.41) is 9.91. The first-order valence-electron chi connectivity index (χ1n) is 5.00. The Hall–Kier alpha value is -1.25. The van der Waals surface area contributed by atoms with Gasteiger partial charge in [0.1, 0.15) is 10.9 Å². The van der Waals surface area contributed by atoms with Crippen LogP contribution < -0.4 is 16.4 Å². The Labute approximate surface area is 93.1 Å². The Kier molecular flexibility index (Phi) is 2.80. The average molecular weight is 222 g/mol. The zero-order valence-corrected chi connectivity index (χ0v) is 9.26. The summed E-state index contributed by atoms with van der Waals surface area (Å²) in [6.45, 7) is 1.93. The predicted molar refractivity (Wildman–Crippen MR) is 62.9 cm³/mol. The molecule has 2 rings (SSSR count). The summed E-state index contributed by atoms with van der Waals surface area (Å²) >= 11 is 1.47. The summed E-state index contributed by atoms with van der Waals surface area (Å²) in [6.07, 6.45) is 2.03. The summed E-state index contributed by atoms with van der Waals surface area (Å²) < 4.78 is 0. The zero-order valence-electron chi connectivity index (χ0n) is 8.44. The number of nitrogens with zero attached hydrogens (tertiary/aromatic N) is 2. The van der Waals surface area contributed by atoms with Gasteiger partial charge < -0.3 is 16.4 Å². The van der Waals surface area contributed by atoms with Crippen LogP contribution in [0.1, 0.15) is 17.7 Å². The zero-order chi connectivity index (χ0) is 10.8. The Bertz CT molecular complexity index is 385. The number of rotatable bonds is 1. The molecule has 0 aliphatic carbocycles. The minimum Gasteiger partial charge on any atom is -0.397 e. The van der Waals surface area contributed by atoms with Crippen molar-refractivity contribution in [1.29, 1.82) is 5.26 Å². The quantitative estimate of drug-likeness (QED) is 0.746. The molecule has 0 amide bonds. The van der Waals surface area contributed by atoms with E-state index < -0.39 is 0 Å². The summed E-state index contributed by atoms with van der Waals surface area (Å²) in [4.78, 5) is 2.87. The van der Waals surface area contributed by atoms with E-state index >= 15 is 0 Å². The van der Waals surface area contributed by atoms with Crippen molar-refractivity contribution in [3.63, 3.8) is 0 Å². The minimum absolute atomic E-state index is 0.328. The Morgan fingerprint density at radius 1 is 1.47 bits per heavy atom. The van der Waals surface area contributed by atoms with Crippen molar-refractivity contribution in [1.82, 2.24) is 0 Å². The van der Waals surface area contributed by atoms with Crippen molar-refractivity contribution in [3.8, 4) is 6.07 Å². The highest BCUT2D eigenvalue weighted by atomic mass is 32.1. The first-order chi connectivity index (χ1) is 7.20. The third kappa shape index (κ3) is 2.06. The second-order valence-corrected chi connectivity index (χ2v) is 4.84. The topological polar surface area (TPSA) is 79.1 Å². The molecule has 2 heterocycles. The van der Waals surface area contributed by atoms with Crippen molar-refractivity contribution in [2.75, 3.05) is 23.7 Å². The smallest absolute Gasteiger partial charge is 0.129 e. The SMILES string of the molecule is N#Cc1sc(N2CCC(N)CC2)cc1N. The van der Waals surface area contributed by atoms with Crippen molar-refractivity contribution in [2.24, 2.45) is 5.73 Å². The molecule has 4 N–H and O–H groups in total. The van der Waals surface area contributed by atoms with E-state index in [4.69, 9.17) is 16.7 Å². The maximum Gasteiger partial charge on any atom is 0.129 e. The van der Waals surface area contributed by atoms with Crippen LogP contribution in [0.5, 0.6) is 0 Å². The molecule has 0 radical (unpaired) electrons. The largest absolute Gasteiger partial charge is 0.397 e. The fourth-order valence-corrected chi connectivity index (χ4v) is 2.68. The van der Waals surface area contributed by atoms with E-state index in [0.29, 0.717) is 16.6 Å². The summed E-state index contributed by atoms with van der Waals surface area (Å²) in [5.74, 6) is 0. The van der Waals surface area contributed by atoms with Crippen molar-refractivity contribution in [2.45, 2.75) is 18.9 Å². The second kappa shape index (κ2) is 4.09.